The molecule has 0 bridgehead atoms. The molecule has 0 aliphatic rings. The number of rotatable bonds is 10. The molecule has 0 spiro atoms. The Bertz CT molecular complexity index is 1040. The molecular weight excluding hydrogens is 408 g/mol. The molecule has 4 nitrogen and oxygen atoms in total. The average Bonchev–Trinajstić information content (AvgIpc) is 2.83. The van der Waals surface area contributed by atoms with E-state index in [2.05, 4.69) is 5.32 Å². The maximum Gasteiger partial charge on any atom is 0.243 e. The van der Waals surface area contributed by atoms with E-state index in [0.717, 1.165) is 34.2 Å². The average molecular weight is 443 g/mol. The van der Waals surface area contributed by atoms with Crippen molar-refractivity contribution in [2.24, 2.45) is 0 Å². The van der Waals surface area contributed by atoms with Gasteiger partial charge in [-0.05, 0) is 42.5 Å². The number of hydrogen-bond acceptors (Lipinski definition) is 2. The van der Waals surface area contributed by atoms with Gasteiger partial charge in [-0.2, -0.15) is 0 Å². The van der Waals surface area contributed by atoms with Gasteiger partial charge in [-0.3, -0.25) is 9.59 Å². The molecule has 0 radical (unpaired) electrons. The van der Waals surface area contributed by atoms with Crippen LogP contribution in [0.5, 0.6) is 0 Å². The van der Waals surface area contributed by atoms with Crippen LogP contribution in [0.1, 0.15) is 41.2 Å². The Morgan fingerprint density at radius 2 is 1.52 bits per heavy atom. The largest absolute Gasteiger partial charge is 0.354 e. The molecule has 33 heavy (non-hydrogen) atoms. The van der Waals surface area contributed by atoms with Crippen LogP contribution in [0.3, 0.4) is 0 Å². The van der Waals surface area contributed by atoms with Crippen LogP contribution in [-0.4, -0.2) is 29.3 Å². The molecule has 0 unspecified atom stereocenters. The van der Waals surface area contributed by atoms with Gasteiger partial charge in [0.2, 0.25) is 11.8 Å². The third-order valence-electron chi connectivity index (χ3n) is 5.90. The number of amides is 2. The number of nitrogens with zero attached hydrogens (tertiary/aromatic N) is 1. The smallest absolute Gasteiger partial charge is 0.243 e. The minimum atomic E-state index is -0.586. The van der Waals surface area contributed by atoms with Gasteiger partial charge in [0.15, 0.2) is 0 Å². The van der Waals surface area contributed by atoms with Crippen molar-refractivity contribution < 1.29 is 9.59 Å². The van der Waals surface area contributed by atoms with Crippen molar-refractivity contribution in [3.8, 4) is 0 Å². The third kappa shape index (κ3) is 7.04. The molecule has 0 fully saturated rings. The summed E-state index contributed by atoms with van der Waals surface area (Å²) in [6, 6.07) is 25.4. The van der Waals surface area contributed by atoms with Gasteiger partial charge in [-0.25, -0.2) is 0 Å². The predicted octanol–water partition coefficient (Wildman–Crippen LogP) is 5.01. The number of carbonyl (C=O) groups excluding carboxylic acids is 2. The molecule has 0 aromatic heterocycles. The van der Waals surface area contributed by atoms with Crippen LogP contribution in [0, 0.1) is 13.8 Å². The van der Waals surface area contributed by atoms with E-state index < -0.39 is 6.04 Å². The molecule has 1 atom stereocenters. The van der Waals surface area contributed by atoms with E-state index in [1.54, 1.807) is 4.90 Å². The van der Waals surface area contributed by atoms with Crippen molar-refractivity contribution in [2.75, 3.05) is 6.54 Å². The number of aryl methyl sites for hydroxylation is 2. The van der Waals surface area contributed by atoms with E-state index >= 15 is 0 Å². The zero-order valence-corrected chi connectivity index (χ0v) is 19.9. The van der Waals surface area contributed by atoms with Crippen LogP contribution < -0.4 is 5.32 Å². The highest BCUT2D eigenvalue weighted by Gasteiger charge is 2.30. The first-order chi connectivity index (χ1) is 16.0. The summed E-state index contributed by atoms with van der Waals surface area (Å²) >= 11 is 0. The van der Waals surface area contributed by atoms with Gasteiger partial charge in [0.25, 0.3) is 0 Å². The van der Waals surface area contributed by atoms with E-state index in [0.29, 0.717) is 19.5 Å². The molecule has 0 aliphatic heterocycles. The lowest BCUT2D eigenvalue weighted by molar-refractivity contribution is -0.140. The first-order valence-corrected chi connectivity index (χ1v) is 11.7. The minimum Gasteiger partial charge on any atom is -0.354 e. The summed E-state index contributed by atoms with van der Waals surface area (Å²) in [7, 11) is 0. The molecule has 4 heteroatoms. The van der Waals surface area contributed by atoms with Gasteiger partial charge < -0.3 is 10.2 Å². The lowest BCUT2D eigenvalue weighted by atomic mass is 10.00. The number of carbonyl (C=O) groups is 2. The Kier molecular flexibility index (Phi) is 8.82. The van der Waals surface area contributed by atoms with E-state index in [1.807, 2.05) is 99.6 Å². The first-order valence-electron chi connectivity index (χ1n) is 11.7. The van der Waals surface area contributed by atoms with Gasteiger partial charge in [0.1, 0.15) is 6.04 Å². The Labute approximate surface area is 197 Å². The van der Waals surface area contributed by atoms with Crippen LogP contribution >= 0.6 is 0 Å². The molecule has 172 valence electrons. The zero-order valence-electron chi connectivity index (χ0n) is 19.9. The monoisotopic (exact) mass is 442 g/mol. The molecule has 0 heterocycles. The number of benzene rings is 3. The quantitative estimate of drug-likeness (QED) is 0.480. The van der Waals surface area contributed by atoms with E-state index in [9.17, 15) is 9.59 Å². The van der Waals surface area contributed by atoms with Crippen molar-refractivity contribution >= 4 is 11.8 Å². The van der Waals surface area contributed by atoms with E-state index in [1.165, 1.54) is 0 Å². The van der Waals surface area contributed by atoms with Gasteiger partial charge in [-0.1, -0.05) is 91.3 Å². The fourth-order valence-corrected chi connectivity index (χ4v) is 3.88. The van der Waals surface area contributed by atoms with Gasteiger partial charge in [0.05, 0.1) is 6.42 Å². The molecule has 3 aromatic carbocycles. The zero-order chi connectivity index (χ0) is 23.6. The lowest BCUT2D eigenvalue weighted by Crippen LogP contribution is -2.51. The first kappa shape index (κ1) is 24.2. The van der Waals surface area contributed by atoms with Crippen LogP contribution in [-0.2, 0) is 29.0 Å². The summed E-state index contributed by atoms with van der Waals surface area (Å²) in [6.45, 7) is 7.07. The van der Waals surface area contributed by atoms with Crippen molar-refractivity contribution in [3.05, 3.63) is 107 Å². The Morgan fingerprint density at radius 1 is 0.848 bits per heavy atom. The highest BCUT2D eigenvalue weighted by Crippen LogP contribution is 2.18. The van der Waals surface area contributed by atoms with E-state index in [4.69, 9.17) is 0 Å². The fourth-order valence-electron chi connectivity index (χ4n) is 3.88. The fraction of sp³-hybridized carbons (Fsp3) is 0.310. The Balaban J connectivity index is 1.95. The molecule has 3 aromatic rings. The van der Waals surface area contributed by atoms with Gasteiger partial charge in [0, 0.05) is 19.5 Å². The van der Waals surface area contributed by atoms with Gasteiger partial charge in [-0.15, -0.1) is 0 Å². The molecule has 2 amide bonds. The molecular formula is C29H34N2O2. The van der Waals surface area contributed by atoms with Crippen molar-refractivity contribution in [3.63, 3.8) is 0 Å². The van der Waals surface area contributed by atoms with E-state index in [-0.39, 0.29) is 18.2 Å². The summed E-state index contributed by atoms with van der Waals surface area (Å²) in [5, 5.41) is 3.03. The molecule has 0 saturated carbocycles. The Morgan fingerprint density at radius 3 is 2.18 bits per heavy atom. The molecule has 0 saturated heterocycles. The minimum absolute atomic E-state index is 0.0440. The van der Waals surface area contributed by atoms with Crippen LogP contribution in [0.15, 0.2) is 78.9 Å². The molecule has 0 aliphatic carbocycles. The normalized spacial score (nSPS) is 11.6. The van der Waals surface area contributed by atoms with Crippen LogP contribution in [0.25, 0.3) is 0 Å². The Hall–Kier alpha value is -3.40. The lowest BCUT2D eigenvalue weighted by Gasteiger charge is -2.32. The second kappa shape index (κ2) is 12.0. The number of hydrogen-bond donors (Lipinski definition) is 1. The van der Waals surface area contributed by atoms with Crippen LogP contribution in [0.2, 0.25) is 0 Å². The van der Waals surface area contributed by atoms with Crippen molar-refractivity contribution in [2.45, 2.75) is 52.6 Å². The third-order valence-corrected chi connectivity index (χ3v) is 5.90. The maximum absolute atomic E-state index is 13.7. The molecule has 1 N–H and O–H groups in total. The summed E-state index contributed by atoms with van der Waals surface area (Å²) in [5.41, 5.74) is 5.28. The standard InChI is InChI=1S/C29H34N2O2/c1-4-18-30-29(33)27(19-24-11-6-5-7-12-24)31(21-25-16-14-22(2)15-17-25)28(32)20-26-13-9-8-10-23(26)3/h5-17,27H,4,18-21H2,1-3H3,(H,30,33)/t27-/m1/s1. The summed E-state index contributed by atoms with van der Waals surface area (Å²) < 4.78 is 0. The van der Waals surface area contributed by atoms with Crippen LogP contribution in [0.4, 0.5) is 0 Å². The summed E-state index contributed by atoms with van der Waals surface area (Å²) in [4.78, 5) is 28.8. The predicted molar refractivity (Wildman–Crippen MR) is 134 cm³/mol. The summed E-state index contributed by atoms with van der Waals surface area (Å²) in [5.74, 6) is -0.150. The highest BCUT2D eigenvalue weighted by molar-refractivity contribution is 5.89. The van der Waals surface area contributed by atoms with Gasteiger partial charge >= 0.3 is 0 Å². The number of nitrogens with one attached hydrogen (secondary N) is 1. The maximum atomic E-state index is 13.7. The highest BCUT2D eigenvalue weighted by atomic mass is 16.2. The summed E-state index contributed by atoms with van der Waals surface area (Å²) in [6.07, 6.45) is 1.59. The van der Waals surface area contributed by atoms with Crippen molar-refractivity contribution in [1.29, 1.82) is 0 Å². The van der Waals surface area contributed by atoms with Crippen molar-refractivity contribution in [1.82, 2.24) is 10.2 Å². The topological polar surface area (TPSA) is 49.4 Å². The second-order valence-electron chi connectivity index (χ2n) is 8.61. The molecule has 3 rings (SSSR count). The second-order valence-corrected chi connectivity index (χ2v) is 8.61. The SMILES string of the molecule is CCCNC(=O)[C@@H](Cc1ccccc1)N(Cc1ccc(C)cc1)C(=O)Cc1ccccc1C.